The van der Waals surface area contributed by atoms with Crippen molar-refractivity contribution >= 4 is 12.3 Å². The molecule has 0 amide bonds. The van der Waals surface area contributed by atoms with Crippen LogP contribution in [0.15, 0.2) is 0 Å². The van der Waals surface area contributed by atoms with Gasteiger partial charge in [0.2, 0.25) is 0 Å². The summed E-state index contributed by atoms with van der Waals surface area (Å²) in [6.07, 6.45) is 2.20. The molecule has 0 rings (SSSR count). The van der Waals surface area contributed by atoms with Crippen LogP contribution in [-0.2, 0) is 14.3 Å². The molecule has 0 unspecified atom stereocenters. The molecule has 0 aromatic rings. The highest BCUT2D eigenvalue weighted by Gasteiger charge is 2.06. The van der Waals surface area contributed by atoms with Crippen molar-refractivity contribution in [2.75, 3.05) is 6.61 Å². The van der Waals surface area contributed by atoms with Gasteiger partial charge in [-0.3, -0.25) is 4.79 Å². The minimum atomic E-state index is -0.283. The Balaban J connectivity index is 3.51. The van der Waals surface area contributed by atoms with Crippen LogP contribution in [0, 0.1) is 5.92 Å². The van der Waals surface area contributed by atoms with Gasteiger partial charge in [-0.15, -0.1) is 0 Å². The summed E-state index contributed by atoms with van der Waals surface area (Å²) in [5, 5.41) is 0. The van der Waals surface area contributed by atoms with Crippen molar-refractivity contribution in [1.29, 1.82) is 0 Å². The number of ether oxygens (including phenoxy) is 1. The van der Waals surface area contributed by atoms with Crippen LogP contribution in [-0.4, -0.2) is 18.9 Å². The van der Waals surface area contributed by atoms with E-state index in [9.17, 15) is 9.59 Å². The first kappa shape index (κ1) is 10.1. The third-order valence-electron chi connectivity index (χ3n) is 1.53. The Morgan fingerprint density at radius 1 is 1.64 bits per heavy atom. The zero-order chi connectivity index (χ0) is 8.69. The van der Waals surface area contributed by atoms with Crippen molar-refractivity contribution in [3.05, 3.63) is 0 Å². The summed E-state index contributed by atoms with van der Waals surface area (Å²) in [6, 6.07) is 0. The molecule has 0 radical (unpaired) electrons. The summed E-state index contributed by atoms with van der Waals surface area (Å²) < 4.78 is 4.75. The lowest BCUT2D eigenvalue weighted by Gasteiger charge is -2.09. The molecule has 0 aromatic carbocycles. The summed E-state index contributed by atoms with van der Waals surface area (Å²) in [6.45, 7) is 3.70. The van der Waals surface area contributed by atoms with Crippen molar-refractivity contribution < 1.29 is 14.3 Å². The summed E-state index contributed by atoms with van der Waals surface area (Å²) >= 11 is 0. The van der Waals surface area contributed by atoms with Crippen LogP contribution in [0.1, 0.15) is 26.7 Å². The summed E-state index contributed by atoms with van der Waals surface area (Å²) in [5.41, 5.74) is 0. The summed E-state index contributed by atoms with van der Waals surface area (Å²) in [7, 11) is 0. The maximum Gasteiger partial charge on any atom is 0.302 e. The largest absolute Gasteiger partial charge is 0.466 e. The molecule has 0 spiro atoms. The normalized spacial score (nSPS) is 12.2. The lowest BCUT2D eigenvalue weighted by molar-refractivity contribution is -0.142. The molecule has 0 aliphatic heterocycles. The van der Waals surface area contributed by atoms with Gasteiger partial charge in [0.05, 0.1) is 6.61 Å². The maximum atomic E-state index is 10.4. The van der Waals surface area contributed by atoms with Crippen LogP contribution in [0.25, 0.3) is 0 Å². The van der Waals surface area contributed by atoms with Gasteiger partial charge in [-0.2, -0.15) is 0 Å². The number of carbonyl (C=O) groups excluding carboxylic acids is 2. The first-order chi connectivity index (χ1) is 5.20. The third kappa shape index (κ3) is 5.58. The van der Waals surface area contributed by atoms with Crippen molar-refractivity contribution in [1.82, 2.24) is 0 Å². The van der Waals surface area contributed by atoms with E-state index in [1.54, 1.807) is 0 Å². The molecule has 0 heterocycles. The Hall–Kier alpha value is -0.860. The minimum absolute atomic E-state index is 0.191. The van der Waals surface area contributed by atoms with E-state index in [2.05, 4.69) is 0 Å². The Morgan fingerprint density at radius 3 is 2.64 bits per heavy atom. The van der Waals surface area contributed by atoms with Crippen molar-refractivity contribution in [3.63, 3.8) is 0 Å². The first-order valence-electron chi connectivity index (χ1n) is 3.77. The third-order valence-corrected chi connectivity index (χ3v) is 1.53. The fraction of sp³-hybridized carbons (Fsp3) is 0.750. The molecule has 0 saturated carbocycles. The molecular formula is C8H14O3. The van der Waals surface area contributed by atoms with Gasteiger partial charge in [0.1, 0.15) is 6.29 Å². The van der Waals surface area contributed by atoms with E-state index in [0.717, 1.165) is 12.7 Å². The molecule has 0 aliphatic rings. The number of hydrogen-bond acceptors (Lipinski definition) is 3. The molecule has 0 saturated heterocycles. The quantitative estimate of drug-likeness (QED) is 0.445. The van der Waals surface area contributed by atoms with E-state index >= 15 is 0 Å². The van der Waals surface area contributed by atoms with Gasteiger partial charge in [-0.25, -0.2) is 0 Å². The molecule has 1 atom stereocenters. The highest BCUT2D eigenvalue weighted by molar-refractivity contribution is 5.65. The van der Waals surface area contributed by atoms with E-state index < -0.39 is 0 Å². The SMILES string of the molecule is CC[C@@H](CC=O)COC(C)=O. The van der Waals surface area contributed by atoms with E-state index in [4.69, 9.17) is 4.74 Å². The molecule has 0 N–H and O–H groups in total. The van der Waals surface area contributed by atoms with Gasteiger partial charge in [0, 0.05) is 13.3 Å². The predicted octanol–water partition coefficient (Wildman–Crippen LogP) is 1.16. The Bertz CT molecular complexity index is 131. The number of hydrogen-bond donors (Lipinski definition) is 0. The number of carbonyl (C=O) groups is 2. The second-order valence-corrected chi connectivity index (χ2v) is 2.48. The van der Waals surface area contributed by atoms with E-state index in [0.29, 0.717) is 13.0 Å². The van der Waals surface area contributed by atoms with Crippen LogP contribution in [0.2, 0.25) is 0 Å². The molecule has 11 heavy (non-hydrogen) atoms. The van der Waals surface area contributed by atoms with Gasteiger partial charge in [0.25, 0.3) is 0 Å². The number of aldehydes is 1. The van der Waals surface area contributed by atoms with Crippen molar-refractivity contribution in [2.45, 2.75) is 26.7 Å². The van der Waals surface area contributed by atoms with Crippen LogP contribution >= 0.6 is 0 Å². The average molecular weight is 158 g/mol. The Kier molecular flexibility index (Phi) is 5.43. The Labute approximate surface area is 66.7 Å². The number of esters is 1. The fourth-order valence-corrected chi connectivity index (χ4v) is 0.724. The summed E-state index contributed by atoms with van der Waals surface area (Å²) in [5.74, 6) is -0.0919. The zero-order valence-corrected chi connectivity index (χ0v) is 7.00. The van der Waals surface area contributed by atoms with Gasteiger partial charge >= 0.3 is 5.97 Å². The van der Waals surface area contributed by atoms with Gasteiger partial charge in [-0.05, 0) is 12.3 Å². The average Bonchev–Trinajstić information content (AvgIpc) is 1.97. The molecule has 0 aliphatic carbocycles. The van der Waals surface area contributed by atoms with Crippen LogP contribution in [0.5, 0.6) is 0 Å². The van der Waals surface area contributed by atoms with E-state index in [1.165, 1.54) is 6.92 Å². The van der Waals surface area contributed by atoms with Crippen LogP contribution < -0.4 is 0 Å². The molecule has 3 heteroatoms. The lowest BCUT2D eigenvalue weighted by atomic mass is 10.1. The molecule has 0 bridgehead atoms. The fourth-order valence-electron chi connectivity index (χ4n) is 0.724. The molecule has 0 fully saturated rings. The lowest BCUT2D eigenvalue weighted by Crippen LogP contribution is -2.11. The highest BCUT2D eigenvalue weighted by Crippen LogP contribution is 2.06. The molecule has 0 aromatic heterocycles. The standard InChI is InChI=1S/C8H14O3/c1-3-8(4-5-9)6-11-7(2)10/h5,8H,3-4,6H2,1-2H3/t8-/m0/s1. The monoisotopic (exact) mass is 158 g/mol. The number of rotatable bonds is 5. The molecule has 64 valence electrons. The van der Waals surface area contributed by atoms with Gasteiger partial charge in [-0.1, -0.05) is 6.92 Å². The smallest absolute Gasteiger partial charge is 0.302 e. The second-order valence-electron chi connectivity index (χ2n) is 2.48. The van der Waals surface area contributed by atoms with Crippen molar-refractivity contribution in [3.8, 4) is 0 Å². The minimum Gasteiger partial charge on any atom is -0.466 e. The Morgan fingerprint density at radius 2 is 2.27 bits per heavy atom. The summed E-state index contributed by atoms with van der Waals surface area (Å²) in [4.78, 5) is 20.4. The first-order valence-corrected chi connectivity index (χ1v) is 3.77. The van der Waals surface area contributed by atoms with Gasteiger partial charge < -0.3 is 9.53 Å². The zero-order valence-electron chi connectivity index (χ0n) is 7.00. The highest BCUT2D eigenvalue weighted by atomic mass is 16.5. The molecule has 3 nitrogen and oxygen atoms in total. The van der Waals surface area contributed by atoms with Crippen LogP contribution in [0.4, 0.5) is 0 Å². The topological polar surface area (TPSA) is 43.4 Å². The predicted molar refractivity (Wildman–Crippen MR) is 41.1 cm³/mol. The van der Waals surface area contributed by atoms with Gasteiger partial charge in [0.15, 0.2) is 0 Å². The van der Waals surface area contributed by atoms with Crippen LogP contribution in [0.3, 0.4) is 0 Å². The van der Waals surface area contributed by atoms with Crippen molar-refractivity contribution in [2.24, 2.45) is 5.92 Å². The molecular weight excluding hydrogens is 144 g/mol. The van der Waals surface area contributed by atoms with E-state index in [-0.39, 0.29) is 11.9 Å². The second kappa shape index (κ2) is 5.89. The maximum absolute atomic E-state index is 10.4. The van der Waals surface area contributed by atoms with E-state index in [1.807, 2.05) is 6.92 Å².